The summed E-state index contributed by atoms with van der Waals surface area (Å²) >= 11 is 1.50. The Morgan fingerprint density at radius 3 is 3.14 bits per heavy atom. The molecule has 1 aliphatic heterocycles. The van der Waals surface area contributed by atoms with Crippen LogP contribution in [0.5, 0.6) is 0 Å². The lowest BCUT2D eigenvalue weighted by atomic mass is 10.1. The van der Waals surface area contributed by atoms with Gasteiger partial charge in [-0.3, -0.25) is 9.78 Å². The second-order valence-electron chi connectivity index (χ2n) is 5.17. The van der Waals surface area contributed by atoms with E-state index in [2.05, 4.69) is 9.97 Å². The van der Waals surface area contributed by atoms with Crippen LogP contribution in [0.2, 0.25) is 0 Å². The summed E-state index contributed by atoms with van der Waals surface area (Å²) in [6, 6.07) is 5.69. The number of amides is 1. The molecule has 21 heavy (non-hydrogen) atoms. The number of pyridine rings is 1. The maximum absolute atomic E-state index is 12.2. The minimum Gasteiger partial charge on any atom is -0.391 e. The van der Waals surface area contributed by atoms with Gasteiger partial charge in [0.25, 0.3) is 0 Å². The van der Waals surface area contributed by atoms with Crippen LogP contribution in [0.15, 0.2) is 29.8 Å². The normalized spacial score (nSPS) is 18.7. The Kier molecular flexibility index (Phi) is 4.26. The van der Waals surface area contributed by atoms with Gasteiger partial charge in [0.15, 0.2) is 0 Å². The van der Waals surface area contributed by atoms with Gasteiger partial charge in [0.05, 0.1) is 23.9 Å². The van der Waals surface area contributed by atoms with Crippen molar-refractivity contribution in [3.63, 3.8) is 0 Å². The number of carbonyl (C=O) groups excluding carboxylic acids is 1. The molecule has 1 saturated heterocycles. The molecule has 1 atom stereocenters. The number of likely N-dealkylation sites (tertiary alicyclic amines) is 1. The van der Waals surface area contributed by atoms with E-state index in [1.54, 1.807) is 11.1 Å². The van der Waals surface area contributed by atoms with E-state index in [9.17, 15) is 9.90 Å². The van der Waals surface area contributed by atoms with Gasteiger partial charge < -0.3 is 10.0 Å². The van der Waals surface area contributed by atoms with Crippen molar-refractivity contribution >= 4 is 17.2 Å². The van der Waals surface area contributed by atoms with Gasteiger partial charge in [-0.15, -0.1) is 11.3 Å². The molecule has 3 heterocycles. The summed E-state index contributed by atoms with van der Waals surface area (Å²) in [6.45, 7) is 1.17. The van der Waals surface area contributed by atoms with Crippen LogP contribution in [0.4, 0.5) is 0 Å². The van der Waals surface area contributed by atoms with Crippen LogP contribution in [0.1, 0.15) is 18.5 Å². The SMILES string of the molecule is O=C(Cc1csc(-c2ccccn2)n1)N1CCCC(O)C1. The maximum atomic E-state index is 12.2. The minimum absolute atomic E-state index is 0.0339. The van der Waals surface area contributed by atoms with Crippen molar-refractivity contribution in [2.75, 3.05) is 13.1 Å². The first-order valence-corrected chi connectivity index (χ1v) is 7.92. The molecular formula is C15H17N3O2S. The molecule has 2 aromatic rings. The lowest BCUT2D eigenvalue weighted by Crippen LogP contribution is -2.42. The molecule has 3 rings (SSSR count). The van der Waals surface area contributed by atoms with Gasteiger partial charge in [-0.1, -0.05) is 6.07 Å². The van der Waals surface area contributed by atoms with Crippen LogP contribution >= 0.6 is 11.3 Å². The highest BCUT2D eigenvalue weighted by atomic mass is 32.1. The van der Waals surface area contributed by atoms with E-state index in [0.29, 0.717) is 6.54 Å². The van der Waals surface area contributed by atoms with E-state index in [4.69, 9.17) is 0 Å². The molecule has 0 bridgehead atoms. The quantitative estimate of drug-likeness (QED) is 0.938. The molecule has 0 spiro atoms. The average molecular weight is 303 g/mol. The second kappa shape index (κ2) is 6.32. The van der Waals surface area contributed by atoms with Crippen LogP contribution in [-0.2, 0) is 11.2 Å². The first-order valence-electron chi connectivity index (χ1n) is 7.04. The van der Waals surface area contributed by atoms with Gasteiger partial charge >= 0.3 is 0 Å². The molecule has 1 fully saturated rings. The zero-order valence-electron chi connectivity index (χ0n) is 11.6. The number of carbonyl (C=O) groups is 1. The predicted molar refractivity (Wildman–Crippen MR) is 80.9 cm³/mol. The number of hydrogen-bond donors (Lipinski definition) is 1. The van der Waals surface area contributed by atoms with E-state index in [0.717, 1.165) is 35.8 Å². The van der Waals surface area contributed by atoms with E-state index in [1.807, 2.05) is 23.6 Å². The van der Waals surface area contributed by atoms with Crippen molar-refractivity contribution in [2.45, 2.75) is 25.4 Å². The minimum atomic E-state index is -0.387. The fraction of sp³-hybridized carbons (Fsp3) is 0.400. The Morgan fingerprint density at radius 2 is 2.38 bits per heavy atom. The van der Waals surface area contributed by atoms with Crippen molar-refractivity contribution in [1.82, 2.24) is 14.9 Å². The van der Waals surface area contributed by atoms with E-state index in [-0.39, 0.29) is 18.4 Å². The van der Waals surface area contributed by atoms with Crippen LogP contribution < -0.4 is 0 Å². The number of aromatic nitrogens is 2. The zero-order valence-corrected chi connectivity index (χ0v) is 12.4. The third-order valence-corrected chi connectivity index (χ3v) is 4.43. The first-order chi connectivity index (χ1) is 10.2. The van der Waals surface area contributed by atoms with E-state index in [1.165, 1.54) is 11.3 Å². The second-order valence-corrected chi connectivity index (χ2v) is 6.03. The molecule has 1 N–H and O–H groups in total. The zero-order chi connectivity index (χ0) is 14.7. The molecule has 2 aromatic heterocycles. The van der Waals surface area contributed by atoms with E-state index >= 15 is 0 Å². The Labute approximate surface area is 127 Å². The van der Waals surface area contributed by atoms with Crippen LogP contribution in [0.25, 0.3) is 10.7 Å². The summed E-state index contributed by atoms with van der Waals surface area (Å²) in [7, 11) is 0. The third-order valence-electron chi connectivity index (χ3n) is 3.52. The first kappa shape index (κ1) is 14.2. The van der Waals surface area contributed by atoms with Gasteiger partial charge in [0.1, 0.15) is 5.01 Å². The molecule has 0 aromatic carbocycles. The van der Waals surface area contributed by atoms with E-state index < -0.39 is 0 Å². The molecule has 5 nitrogen and oxygen atoms in total. The number of β-amino-alcohol motifs (C(OH)–C–C–N with tert-alkyl or cyclic N) is 1. The van der Waals surface area contributed by atoms with Crippen molar-refractivity contribution in [3.05, 3.63) is 35.5 Å². The summed E-state index contributed by atoms with van der Waals surface area (Å²) in [4.78, 5) is 22.7. The van der Waals surface area contributed by atoms with Gasteiger partial charge in [0.2, 0.25) is 5.91 Å². The molecular weight excluding hydrogens is 286 g/mol. The molecule has 1 unspecified atom stereocenters. The highest BCUT2D eigenvalue weighted by Gasteiger charge is 2.22. The summed E-state index contributed by atoms with van der Waals surface area (Å²) in [5.41, 5.74) is 1.60. The topological polar surface area (TPSA) is 66.3 Å². The van der Waals surface area contributed by atoms with Crippen molar-refractivity contribution in [2.24, 2.45) is 0 Å². The number of thiazole rings is 1. The predicted octanol–water partition coefficient (Wildman–Crippen LogP) is 1.73. The number of piperidine rings is 1. The lowest BCUT2D eigenvalue weighted by molar-refractivity contribution is -0.133. The number of rotatable bonds is 3. The largest absolute Gasteiger partial charge is 0.391 e. The fourth-order valence-electron chi connectivity index (χ4n) is 2.44. The van der Waals surface area contributed by atoms with Gasteiger partial charge in [0, 0.05) is 24.7 Å². The summed E-state index contributed by atoms with van der Waals surface area (Å²) in [5.74, 6) is 0.0339. The fourth-order valence-corrected chi connectivity index (χ4v) is 3.24. The number of nitrogens with zero attached hydrogens (tertiary/aromatic N) is 3. The van der Waals surface area contributed by atoms with Crippen molar-refractivity contribution in [1.29, 1.82) is 0 Å². The molecule has 0 radical (unpaired) electrons. The monoisotopic (exact) mass is 303 g/mol. The Bertz CT molecular complexity index is 614. The lowest BCUT2D eigenvalue weighted by Gasteiger charge is -2.29. The van der Waals surface area contributed by atoms with Crippen LogP contribution in [0.3, 0.4) is 0 Å². The average Bonchev–Trinajstić information content (AvgIpc) is 2.97. The molecule has 6 heteroatoms. The molecule has 0 aliphatic carbocycles. The summed E-state index contributed by atoms with van der Waals surface area (Å²) in [6.07, 6.45) is 3.28. The Morgan fingerprint density at radius 1 is 1.48 bits per heavy atom. The third kappa shape index (κ3) is 3.46. The maximum Gasteiger partial charge on any atom is 0.228 e. The van der Waals surface area contributed by atoms with Crippen LogP contribution in [0, 0.1) is 0 Å². The molecule has 1 aliphatic rings. The Balaban J connectivity index is 1.66. The molecule has 110 valence electrons. The smallest absolute Gasteiger partial charge is 0.228 e. The highest BCUT2D eigenvalue weighted by molar-refractivity contribution is 7.13. The number of aliphatic hydroxyl groups excluding tert-OH is 1. The summed E-state index contributed by atoms with van der Waals surface area (Å²) < 4.78 is 0. The van der Waals surface area contributed by atoms with Gasteiger partial charge in [-0.25, -0.2) is 4.98 Å². The van der Waals surface area contributed by atoms with Crippen molar-refractivity contribution < 1.29 is 9.90 Å². The van der Waals surface area contributed by atoms with Gasteiger partial charge in [-0.05, 0) is 25.0 Å². The van der Waals surface area contributed by atoms with Crippen molar-refractivity contribution in [3.8, 4) is 10.7 Å². The summed E-state index contributed by atoms with van der Waals surface area (Å²) in [5, 5.41) is 12.4. The van der Waals surface area contributed by atoms with Crippen LogP contribution in [-0.4, -0.2) is 45.1 Å². The number of aliphatic hydroxyl groups is 1. The molecule has 1 amide bonds. The number of hydrogen-bond acceptors (Lipinski definition) is 5. The highest BCUT2D eigenvalue weighted by Crippen LogP contribution is 2.22. The molecule has 0 saturated carbocycles. The van der Waals surface area contributed by atoms with Gasteiger partial charge in [-0.2, -0.15) is 0 Å². The Hall–Kier alpha value is -1.79. The standard InChI is InChI=1S/C15H17N3O2S/c19-12-4-3-7-18(9-12)14(20)8-11-10-21-15(17-11)13-5-1-2-6-16-13/h1-2,5-6,10,12,19H,3-4,7-9H2.